The van der Waals surface area contributed by atoms with E-state index in [9.17, 15) is 5.11 Å². The number of nitrogens with zero attached hydrogens (tertiary/aromatic N) is 2. The lowest BCUT2D eigenvalue weighted by atomic mass is 10.1. The maximum absolute atomic E-state index is 9.26. The van der Waals surface area contributed by atoms with Crippen LogP contribution in [0.3, 0.4) is 0 Å². The lowest BCUT2D eigenvalue weighted by Gasteiger charge is -2.24. The number of rotatable bonds is 21. The largest absolute Gasteiger partial charge is 0.395 e. The van der Waals surface area contributed by atoms with Gasteiger partial charge in [-0.05, 0) is 32.5 Å². The van der Waals surface area contributed by atoms with Crippen molar-refractivity contribution in [1.29, 1.82) is 0 Å². The Hall–Kier alpha value is 0.0900. The maximum atomic E-state index is 9.26. The van der Waals surface area contributed by atoms with Crippen molar-refractivity contribution in [3.63, 3.8) is 0 Å². The zero-order valence-corrected chi connectivity index (χ0v) is 18.6. The van der Waals surface area contributed by atoms with E-state index in [0.717, 1.165) is 32.6 Å². The number of halogens is 1. The predicted molar refractivity (Wildman–Crippen MR) is 118 cm³/mol. The molecule has 0 aromatic heterocycles. The van der Waals surface area contributed by atoms with Crippen molar-refractivity contribution in [3.8, 4) is 0 Å². The molecule has 0 saturated carbocycles. The highest BCUT2D eigenvalue weighted by molar-refractivity contribution is 5.85. The van der Waals surface area contributed by atoms with Crippen LogP contribution in [0.25, 0.3) is 0 Å². The van der Waals surface area contributed by atoms with E-state index in [-0.39, 0.29) is 32.2 Å². The molecule has 0 aromatic rings. The second-order valence-corrected chi connectivity index (χ2v) is 7.39. The molecule has 166 valence electrons. The molecule has 5 nitrogen and oxygen atoms in total. The normalized spacial score (nSPS) is 11.3. The molecule has 0 radical (unpaired) electrons. The molecule has 0 spiro atoms. The van der Waals surface area contributed by atoms with Crippen molar-refractivity contribution >= 4 is 12.4 Å². The van der Waals surface area contributed by atoms with Crippen molar-refractivity contribution in [2.45, 2.75) is 77.6 Å². The third-order valence-corrected chi connectivity index (χ3v) is 5.03. The Balaban J connectivity index is 0. The van der Waals surface area contributed by atoms with Gasteiger partial charge in [0.2, 0.25) is 0 Å². The van der Waals surface area contributed by atoms with Crippen molar-refractivity contribution < 1.29 is 15.3 Å². The van der Waals surface area contributed by atoms with Gasteiger partial charge in [0.1, 0.15) is 0 Å². The number of unbranched alkanes of at least 4 members (excludes halogenated alkanes) is 9. The number of aliphatic hydroxyl groups excluding tert-OH is 3. The Morgan fingerprint density at radius 3 is 1.19 bits per heavy atom. The van der Waals surface area contributed by atoms with Gasteiger partial charge in [-0.3, -0.25) is 4.90 Å². The van der Waals surface area contributed by atoms with Crippen LogP contribution in [0.5, 0.6) is 0 Å². The first-order chi connectivity index (χ1) is 12.8. The summed E-state index contributed by atoms with van der Waals surface area (Å²) in [7, 11) is 0. The summed E-state index contributed by atoms with van der Waals surface area (Å²) in [5.41, 5.74) is 0. The molecule has 0 aliphatic carbocycles. The topological polar surface area (TPSA) is 67.2 Å². The van der Waals surface area contributed by atoms with Crippen molar-refractivity contribution in [3.05, 3.63) is 0 Å². The number of hydrogen-bond donors (Lipinski definition) is 3. The Morgan fingerprint density at radius 2 is 0.778 bits per heavy atom. The molecule has 0 aliphatic rings. The van der Waals surface area contributed by atoms with Crippen LogP contribution in [-0.4, -0.2) is 84.2 Å². The van der Waals surface area contributed by atoms with Crippen LogP contribution >= 0.6 is 12.4 Å². The van der Waals surface area contributed by atoms with Crippen LogP contribution in [0.1, 0.15) is 77.6 Å². The second kappa shape index (κ2) is 24.1. The molecule has 0 aromatic carbocycles. The zero-order valence-electron chi connectivity index (χ0n) is 17.8. The van der Waals surface area contributed by atoms with E-state index in [1.54, 1.807) is 0 Å². The highest BCUT2D eigenvalue weighted by Crippen LogP contribution is 2.11. The summed E-state index contributed by atoms with van der Waals surface area (Å²) in [6, 6.07) is 0. The molecule has 6 heteroatoms. The van der Waals surface area contributed by atoms with E-state index in [2.05, 4.69) is 16.7 Å². The van der Waals surface area contributed by atoms with Crippen LogP contribution < -0.4 is 0 Å². The van der Waals surface area contributed by atoms with Gasteiger partial charge in [0.15, 0.2) is 0 Å². The van der Waals surface area contributed by atoms with Crippen LogP contribution in [0.15, 0.2) is 0 Å². The molecule has 0 aliphatic heterocycles. The summed E-state index contributed by atoms with van der Waals surface area (Å²) in [5.74, 6) is 0. The standard InChI is InChI=1S/C21H46N2O3.ClH/c1-2-3-4-5-6-7-8-9-10-11-13-22(16-19-24)14-12-15-23(17-20-25)18-21-26;/h24-26H,2-21H2,1H3;1H. The predicted octanol–water partition coefficient (Wildman–Crippen LogP) is 3.30. The van der Waals surface area contributed by atoms with E-state index in [0.29, 0.717) is 13.1 Å². The second-order valence-electron chi connectivity index (χ2n) is 7.39. The third-order valence-electron chi connectivity index (χ3n) is 5.03. The van der Waals surface area contributed by atoms with Gasteiger partial charge >= 0.3 is 0 Å². The molecule has 0 saturated heterocycles. The SMILES string of the molecule is CCCCCCCCCCCCN(CCO)CCCN(CCO)CCO.Cl. The van der Waals surface area contributed by atoms with Gasteiger partial charge in [0, 0.05) is 19.6 Å². The highest BCUT2D eigenvalue weighted by atomic mass is 35.5. The lowest BCUT2D eigenvalue weighted by Crippen LogP contribution is -2.35. The van der Waals surface area contributed by atoms with Crippen molar-refractivity contribution in [1.82, 2.24) is 9.80 Å². The van der Waals surface area contributed by atoms with Gasteiger partial charge < -0.3 is 20.2 Å². The fourth-order valence-electron chi connectivity index (χ4n) is 3.44. The third kappa shape index (κ3) is 20.6. The molecular weight excluding hydrogens is 364 g/mol. The maximum Gasteiger partial charge on any atom is 0.0558 e. The smallest absolute Gasteiger partial charge is 0.0558 e. The summed E-state index contributed by atoms with van der Waals surface area (Å²) in [6.45, 7) is 7.69. The quantitative estimate of drug-likeness (QED) is 0.253. The minimum absolute atomic E-state index is 0. The monoisotopic (exact) mass is 410 g/mol. The molecule has 0 fully saturated rings. The Bertz CT molecular complexity index is 268. The lowest BCUT2D eigenvalue weighted by molar-refractivity contribution is 0.147. The molecular formula is C21H47ClN2O3. The van der Waals surface area contributed by atoms with Gasteiger partial charge in [-0.2, -0.15) is 0 Å². The average molecular weight is 411 g/mol. The van der Waals surface area contributed by atoms with E-state index >= 15 is 0 Å². The first-order valence-corrected chi connectivity index (χ1v) is 11.1. The summed E-state index contributed by atoms with van der Waals surface area (Å²) >= 11 is 0. The van der Waals surface area contributed by atoms with Crippen LogP contribution in [0, 0.1) is 0 Å². The van der Waals surface area contributed by atoms with E-state index in [1.165, 1.54) is 64.2 Å². The fourth-order valence-corrected chi connectivity index (χ4v) is 3.44. The molecule has 0 bridgehead atoms. The molecule has 27 heavy (non-hydrogen) atoms. The van der Waals surface area contributed by atoms with Crippen LogP contribution in [0.2, 0.25) is 0 Å². The first kappa shape index (κ1) is 29.3. The average Bonchev–Trinajstić information content (AvgIpc) is 2.63. The molecule has 0 heterocycles. The van der Waals surface area contributed by atoms with Crippen molar-refractivity contribution in [2.75, 3.05) is 59.1 Å². The van der Waals surface area contributed by atoms with E-state index in [4.69, 9.17) is 10.2 Å². The summed E-state index contributed by atoms with van der Waals surface area (Å²) in [5, 5.41) is 27.4. The Labute approximate surface area is 174 Å². The number of hydrogen-bond acceptors (Lipinski definition) is 5. The van der Waals surface area contributed by atoms with Crippen molar-refractivity contribution in [2.24, 2.45) is 0 Å². The van der Waals surface area contributed by atoms with Gasteiger partial charge in [-0.1, -0.05) is 64.7 Å². The zero-order chi connectivity index (χ0) is 19.3. The molecule has 0 unspecified atom stereocenters. The molecule has 0 amide bonds. The minimum Gasteiger partial charge on any atom is -0.395 e. The van der Waals surface area contributed by atoms with E-state index in [1.807, 2.05) is 0 Å². The van der Waals surface area contributed by atoms with Crippen LogP contribution in [0.4, 0.5) is 0 Å². The van der Waals surface area contributed by atoms with Gasteiger partial charge in [0.25, 0.3) is 0 Å². The highest BCUT2D eigenvalue weighted by Gasteiger charge is 2.07. The molecule has 0 atom stereocenters. The molecule has 3 N–H and O–H groups in total. The van der Waals surface area contributed by atoms with E-state index < -0.39 is 0 Å². The van der Waals surface area contributed by atoms with Gasteiger partial charge in [0.05, 0.1) is 19.8 Å². The fraction of sp³-hybridized carbons (Fsp3) is 1.00. The Morgan fingerprint density at radius 1 is 0.444 bits per heavy atom. The minimum atomic E-state index is 0. The van der Waals surface area contributed by atoms with Crippen LogP contribution in [-0.2, 0) is 0 Å². The summed E-state index contributed by atoms with van der Waals surface area (Å²) in [4.78, 5) is 4.44. The summed E-state index contributed by atoms with van der Waals surface area (Å²) < 4.78 is 0. The van der Waals surface area contributed by atoms with Gasteiger partial charge in [-0.25, -0.2) is 0 Å². The first-order valence-electron chi connectivity index (χ1n) is 11.1. The molecule has 0 rings (SSSR count). The number of aliphatic hydroxyl groups is 3. The Kier molecular flexibility index (Phi) is 26.2. The summed E-state index contributed by atoms with van der Waals surface area (Å²) in [6.07, 6.45) is 14.5. The van der Waals surface area contributed by atoms with Gasteiger partial charge in [-0.15, -0.1) is 12.4 Å².